The third kappa shape index (κ3) is 4.87. The molecule has 7 nitrogen and oxygen atoms in total. The predicted molar refractivity (Wildman–Crippen MR) is 92.2 cm³/mol. The zero-order valence-corrected chi connectivity index (χ0v) is 13.0. The quantitative estimate of drug-likeness (QED) is 0.298. The van der Waals surface area contributed by atoms with Crippen molar-refractivity contribution in [3.63, 3.8) is 0 Å². The van der Waals surface area contributed by atoms with E-state index in [0.29, 0.717) is 29.6 Å². The Balaban J connectivity index is 2.46. The Labute approximate surface area is 143 Å². The Morgan fingerprint density at radius 2 is 1.24 bits per heavy atom. The molecular weight excluding hydrogens is 324 g/mol. The van der Waals surface area contributed by atoms with Gasteiger partial charge in [-0.3, -0.25) is 9.59 Å². The maximum absolute atomic E-state index is 10.9. The average Bonchev–Trinajstić information content (AvgIpc) is 2.59. The molecule has 0 unspecified atom stereocenters. The lowest BCUT2D eigenvalue weighted by Crippen LogP contribution is -2.21. The molecule has 2 amide bonds. The van der Waals surface area contributed by atoms with Gasteiger partial charge in [0.2, 0.25) is 12.8 Å². The third-order valence-corrected chi connectivity index (χ3v) is 3.23. The van der Waals surface area contributed by atoms with Crippen molar-refractivity contribution in [2.45, 2.75) is 0 Å². The van der Waals surface area contributed by atoms with E-state index >= 15 is 0 Å². The number of phenolic OH excluding ortho intramolecular Hbond substituents is 3. The molecule has 2 aromatic rings. The van der Waals surface area contributed by atoms with Gasteiger partial charge in [-0.05, 0) is 47.5 Å². The lowest BCUT2D eigenvalue weighted by molar-refractivity contribution is -0.110. The average molecular weight is 340 g/mol. The SMILES string of the molecule is O=CNC(=C/c1ccc(O)cc1)/C(=C\c1ccc(O)c(O)c1)NC=O. The minimum Gasteiger partial charge on any atom is -0.508 e. The second-order valence-electron chi connectivity index (χ2n) is 4.98. The van der Waals surface area contributed by atoms with Crippen LogP contribution in [0.25, 0.3) is 12.2 Å². The molecule has 0 bridgehead atoms. The fraction of sp³-hybridized carbons (Fsp3) is 0. The number of aromatic hydroxyl groups is 3. The van der Waals surface area contributed by atoms with Crippen molar-refractivity contribution in [1.82, 2.24) is 10.6 Å². The van der Waals surface area contributed by atoms with Crippen LogP contribution in [0.15, 0.2) is 53.9 Å². The number of hydrogen-bond donors (Lipinski definition) is 5. The van der Waals surface area contributed by atoms with Crippen LogP contribution in [0, 0.1) is 0 Å². The standard InChI is InChI=1S/C18H16N2O5/c21-10-19-15(7-12-1-4-14(23)5-2-12)16(20-11-22)8-13-3-6-17(24)18(25)9-13/h1-11,23-25H,(H,19,21)(H,20,22)/b15-7+,16-8+. The molecule has 0 saturated heterocycles. The first kappa shape index (κ1) is 17.6. The van der Waals surface area contributed by atoms with Gasteiger partial charge in [0.05, 0.1) is 11.4 Å². The minimum absolute atomic E-state index is 0.100. The van der Waals surface area contributed by atoms with Gasteiger partial charge in [0.1, 0.15) is 5.75 Å². The van der Waals surface area contributed by atoms with Crippen LogP contribution in [0.2, 0.25) is 0 Å². The monoisotopic (exact) mass is 340 g/mol. The Hall–Kier alpha value is -3.74. The molecular formula is C18H16N2O5. The second-order valence-corrected chi connectivity index (χ2v) is 4.98. The molecule has 0 heterocycles. The summed E-state index contributed by atoms with van der Waals surface area (Å²) in [6.07, 6.45) is 4.01. The summed E-state index contributed by atoms with van der Waals surface area (Å²) < 4.78 is 0. The van der Waals surface area contributed by atoms with Gasteiger partial charge in [-0.2, -0.15) is 0 Å². The van der Waals surface area contributed by atoms with Crippen molar-refractivity contribution >= 4 is 25.0 Å². The summed E-state index contributed by atoms with van der Waals surface area (Å²) in [7, 11) is 0. The van der Waals surface area contributed by atoms with Gasteiger partial charge in [0, 0.05) is 0 Å². The van der Waals surface area contributed by atoms with E-state index in [9.17, 15) is 24.9 Å². The first-order chi connectivity index (χ1) is 12.0. The summed E-state index contributed by atoms with van der Waals surface area (Å²) >= 11 is 0. The fourth-order valence-electron chi connectivity index (χ4n) is 2.06. The van der Waals surface area contributed by atoms with Crippen LogP contribution in [0.4, 0.5) is 0 Å². The molecule has 25 heavy (non-hydrogen) atoms. The van der Waals surface area contributed by atoms with Crippen molar-refractivity contribution in [2.24, 2.45) is 0 Å². The van der Waals surface area contributed by atoms with Crippen molar-refractivity contribution in [3.8, 4) is 17.2 Å². The number of amides is 2. The van der Waals surface area contributed by atoms with Crippen LogP contribution in [-0.2, 0) is 9.59 Å². The van der Waals surface area contributed by atoms with E-state index in [2.05, 4.69) is 10.6 Å². The number of carbonyl (C=O) groups excluding carboxylic acids is 2. The molecule has 128 valence electrons. The highest BCUT2D eigenvalue weighted by Crippen LogP contribution is 2.26. The summed E-state index contributed by atoms with van der Waals surface area (Å²) in [4.78, 5) is 21.8. The molecule has 0 aliphatic rings. The third-order valence-electron chi connectivity index (χ3n) is 3.23. The highest BCUT2D eigenvalue weighted by Gasteiger charge is 2.07. The summed E-state index contributed by atoms with van der Waals surface area (Å²) in [6.45, 7) is 0. The molecule has 0 fully saturated rings. The van der Waals surface area contributed by atoms with Crippen LogP contribution in [-0.4, -0.2) is 28.1 Å². The zero-order chi connectivity index (χ0) is 18.2. The molecule has 0 aliphatic heterocycles. The maximum atomic E-state index is 10.9. The number of rotatable bonds is 7. The molecule has 0 atom stereocenters. The molecule has 0 aliphatic carbocycles. The summed E-state index contributed by atoms with van der Waals surface area (Å²) in [6, 6.07) is 10.4. The Morgan fingerprint density at radius 3 is 1.76 bits per heavy atom. The molecule has 0 saturated carbocycles. The van der Waals surface area contributed by atoms with Gasteiger partial charge < -0.3 is 26.0 Å². The lowest BCUT2D eigenvalue weighted by atomic mass is 10.1. The summed E-state index contributed by atoms with van der Waals surface area (Å²) in [5.41, 5.74) is 1.72. The second kappa shape index (κ2) is 8.21. The molecule has 7 heteroatoms. The largest absolute Gasteiger partial charge is 0.508 e. The van der Waals surface area contributed by atoms with Crippen molar-refractivity contribution in [2.75, 3.05) is 0 Å². The van der Waals surface area contributed by atoms with E-state index in [4.69, 9.17) is 0 Å². The van der Waals surface area contributed by atoms with Gasteiger partial charge in [-0.1, -0.05) is 18.2 Å². The predicted octanol–water partition coefficient (Wildman–Crippen LogP) is 1.68. The minimum atomic E-state index is -0.313. The molecule has 0 spiro atoms. The summed E-state index contributed by atoms with van der Waals surface area (Å²) in [5.74, 6) is -0.483. The van der Waals surface area contributed by atoms with E-state index in [1.165, 1.54) is 36.4 Å². The van der Waals surface area contributed by atoms with Crippen LogP contribution in [0.3, 0.4) is 0 Å². The van der Waals surface area contributed by atoms with Crippen molar-refractivity contribution in [1.29, 1.82) is 0 Å². The molecule has 0 aromatic heterocycles. The van der Waals surface area contributed by atoms with Gasteiger partial charge in [-0.25, -0.2) is 0 Å². The molecule has 0 radical (unpaired) electrons. The van der Waals surface area contributed by atoms with Crippen LogP contribution < -0.4 is 10.6 Å². The number of benzene rings is 2. The van der Waals surface area contributed by atoms with E-state index < -0.39 is 0 Å². The van der Waals surface area contributed by atoms with E-state index in [1.807, 2.05) is 0 Å². The van der Waals surface area contributed by atoms with Crippen LogP contribution >= 0.6 is 0 Å². The fourth-order valence-corrected chi connectivity index (χ4v) is 2.06. The number of nitrogens with one attached hydrogen (secondary N) is 2. The number of phenols is 3. The molecule has 2 rings (SSSR count). The van der Waals surface area contributed by atoms with Crippen molar-refractivity contribution in [3.05, 3.63) is 65.0 Å². The topological polar surface area (TPSA) is 119 Å². The molecule has 2 aromatic carbocycles. The van der Waals surface area contributed by atoms with Gasteiger partial charge in [-0.15, -0.1) is 0 Å². The first-order valence-corrected chi connectivity index (χ1v) is 7.18. The van der Waals surface area contributed by atoms with Crippen LogP contribution in [0.1, 0.15) is 11.1 Å². The normalized spacial score (nSPS) is 11.7. The first-order valence-electron chi connectivity index (χ1n) is 7.18. The van der Waals surface area contributed by atoms with Crippen LogP contribution in [0.5, 0.6) is 17.2 Å². The lowest BCUT2D eigenvalue weighted by Gasteiger charge is -2.11. The zero-order valence-electron chi connectivity index (χ0n) is 13.0. The Bertz CT molecular complexity index is 826. The Kier molecular flexibility index (Phi) is 5.78. The van der Waals surface area contributed by atoms with E-state index in [1.54, 1.807) is 18.2 Å². The van der Waals surface area contributed by atoms with E-state index in [0.717, 1.165) is 0 Å². The summed E-state index contributed by atoms with van der Waals surface area (Å²) in [5, 5.41) is 33.2. The van der Waals surface area contributed by atoms with Gasteiger partial charge >= 0.3 is 0 Å². The van der Waals surface area contributed by atoms with E-state index in [-0.39, 0.29) is 22.9 Å². The smallest absolute Gasteiger partial charge is 0.211 e. The van der Waals surface area contributed by atoms with Crippen molar-refractivity contribution < 1.29 is 24.9 Å². The molecule has 5 N–H and O–H groups in total. The van der Waals surface area contributed by atoms with Gasteiger partial charge in [0.25, 0.3) is 0 Å². The maximum Gasteiger partial charge on any atom is 0.211 e. The highest BCUT2D eigenvalue weighted by atomic mass is 16.3. The van der Waals surface area contributed by atoms with Gasteiger partial charge in [0.15, 0.2) is 11.5 Å². The Morgan fingerprint density at radius 1 is 0.720 bits per heavy atom. The number of carbonyl (C=O) groups is 2. The number of hydrogen-bond acceptors (Lipinski definition) is 5. The highest BCUT2D eigenvalue weighted by molar-refractivity contribution is 5.73.